The molecule has 3 aromatic rings. The smallest absolute Gasteiger partial charge is 0.228 e. The Kier molecular flexibility index (Phi) is 5.44. The molecule has 1 aliphatic heterocycles. The van der Waals surface area contributed by atoms with Crippen molar-refractivity contribution < 1.29 is 4.79 Å². The molecule has 0 saturated carbocycles. The summed E-state index contributed by atoms with van der Waals surface area (Å²) in [7, 11) is 1.93. The highest BCUT2D eigenvalue weighted by atomic mass is 16.2. The van der Waals surface area contributed by atoms with Crippen LogP contribution in [-0.2, 0) is 18.3 Å². The van der Waals surface area contributed by atoms with E-state index in [4.69, 9.17) is 5.73 Å². The fourth-order valence-corrected chi connectivity index (χ4v) is 4.53. The van der Waals surface area contributed by atoms with Crippen molar-refractivity contribution in [2.75, 3.05) is 19.6 Å². The van der Waals surface area contributed by atoms with Gasteiger partial charge in [-0.15, -0.1) is 0 Å². The van der Waals surface area contributed by atoms with Gasteiger partial charge in [-0.2, -0.15) is 5.10 Å². The van der Waals surface area contributed by atoms with Crippen LogP contribution in [0.4, 0.5) is 0 Å². The van der Waals surface area contributed by atoms with Crippen LogP contribution < -0.4 is 5.73 Å². The highest BCUT2D eigenvalue weighted by Gasteiger charge is 2.29. The Balaban J connectivity index is 1.40. The van der Waals surface area contributed by atoms with Crippen LogP contribution in [0.25, 0.3) is 10.9 Å². The summed E-state index contributed by atoms with van der Waals surface area (Å²) in [4.78, 5) is 14.9. The van der Waals surface area contributed by atoms with Crippen molar-refractivity contribution in [2.24, 2.45) is 18.7 Å². The monoisotopic (exact) mass is 376 g/mol. The molecule has 1 aromatic heterocycles. The number of carbonyl (C=O) groups is 1. The van der Waals surface area contributed by atoms with Crippen LogP contribution in [0.2, 0.25) is 0 Å². The van der Waals surface area contributed by atoms with Crippen LogP contribution in [0, 0.1) is 5.92 Å². The highest BCUT2D eigenvalue weighted by molar-refractivity contribution is 5.87. The van der Waals surface area contributed by atoms with Crippen LogP contribution in [0.1, 0.15) is 30.0 Å². The maximum absolute atomic E-state index is 12.9. The zero-order valence-electron chi connectivity index (χ0n) is 16.4. The van der Waals surface area contributed by atoms with Gasteiger partial charge >= 0.3 is 0 Å². The van der Waals surface area contributed by atoms with Crippen LogP contribution >= 0.6 is 0 Å². The summed E-state index contributed by atoms with van der Waals surface area (Å²) in [6.45, 7) is 2.26. The average molecular weight is 377 g/mol. The number of hydrogen-bond acceptors (Lipinski definition) is 3. The third kappa shape index (κ3) is 3.67. The van der Waals surface area contributed by atoms with E-state index in [-0.39, 0.29) is 5.91 Å². The summed E-state index contributed by atoms with van der Waals surface area (Å²) in [5.41, 5.74) is 9.35. The number of para-hydroxylation sites is 1. The minimum atomic E-state index is 0.173. The molecule has 0 aliphatic carbocycles. The molecule has 146 valence electrons. The molecular formula is C23H28N4O. The van der Waals surface area contributed by atoms with Crippen LogP contribution in [0.5, 0.6) is 0 Å². The Bertz CT molecular complexity index is 942. The molecule has 1 saturated heterocycles. The lowest BCUT2D eigenvalue weighted by Crippen LogP contribution is -2.41. The number of amides is 1. The molecule has 5 nitrogen and oxygen atoms in total. The predicted molar refractivity (Wildman–Crippen MR) is 112 cm³/mol. The van der Waals surface area contributed by atoms with Crippen LogP contribution in [0.3, 0.4) is 0 Å². The summed E-state index contributed by atoms with van der Waals surface area (Å²) >= 11 is 0. The van der Waals surface area contributed by atoms with Gasteiger partial charge in [0, 0.05) is 25.5 Å². The fourth-order valence-electron chi connectivity index (χ4n) is 4.53. The van der Waals surface area contributed by atoms with Crippen molar-refractivity contribution in [1.29, 1.82) is 0 Å². The van der Waals surface area contributed by atoms with Crippen LogP contribution in [0.15, 0.2) is 54.6 Å². The summed E-state index contributed by atoms with van der Waals surface area (Å²) in [6.07, 6.45) is 2.38. The molecule has 1 amide bonds. The van der Waals surface area contributed by atoms with Gasteiger partial charge in [-0.05, 0) is 42.9 Å². The molecule has 0 bridgehead atoms. The van der Waals surface area contributed by atoms with Crippen molar-refractivity contribution >= 4 is 16.8 Å². The maximum Gasteiger partial charge on any atom is 0.228 e. The standard InChI is InChI=1S/C23H28N4O/c1-26-22-10-6-5-9-19(22)21(25-26)15-23(28)27-13-11-18(12-14-27)20(16-24)17-7-3-2-4-8-17/h2-10,18,20H,11-16,24H2,1H3. The summed E-state index contributed by atoms with van der Waals surface area (Å²) in [6, 6.07) is 18.6. The zero-order valence-corrected chi connectivity index (χ0v) is 16.4. The van der Waals surface area contributed by atoms with Crippen molar-refractivity contribution in [2.45, 2.75) is 25.2 Å². The molecule has 28 heavy (non-hydrogen) atoms. The minimum Gasteiger partial charge on any atom is -0.342 e. The number of carbonyl (C=O) groups excluding carboxylic acids is 1. The quantitative estimate of drug-likeness (QED) is 0.744. The minimum absolute atomic E-state index is 0.173. The van der Waals surface area contributed by atoms with Crippen LogP contribution in [-0.4, -0.2) is 40.2 Å². The van der Waals surface area contributed by atoms with Gasteiger partial charge in [-0.3, -0.25) is 9.48 Å². The second-order valence-electron chi connectivity index (χ2n) is 7.74. The number of aryl methyl sites for hydroxylation is 1. The van der Waals surface area contributed by atoms with Gasteiger partial charge in [-0.1, -0.05) is 48.5 Å². The second-order valence-corrected chi connectivity index (χ2v) is 7.74. The molecule has 1 aliphatic rings. The first kappa shape index (κ1) is 18.7. The van der Waals surface area contributed by atoms with Crippen molar-refractivity contribution in [1.82, 2.24) is 14.7 Å². The molecule has 1 fully saturated rings. The number of hydrogen-bond donors (Lipinski definition) is 1. The summed E-state index contributed by atoms with van der Waals surface area (Å²) < 4.78 is 1.86. The topological polar surface area (TPSA) is 64.2 Å². The average Bonchev–Trinajstić information content (AvgIpc) is 3.05. The van der Waals surface area contributed by atoms with E-state index in [2.05, 4.69) is 29.4 Å². The van der Waals surface area contributed by atoms with Gasteiger partial charge in [0.25, 0.3) is 0 Å². The zero-order chi connectivity index (χ0) is 19.5. The first-order valence-corrected chi connectivity index (χ1v) is 10.1. The number of nitrogens with zero attached hydrogens (tertiary/aromatic N) is 3. The Morgan fingerprint density at radius 2 is 1.79 bits per heavy atom. The van der Waals surface area contributed by atoms with E-state index in [1.807, 2.05) is 47.0 Å². The fraction of sp³-hybridized carbons (Fsp3) is 0.391. The van der Waals surface area contributed by atoms with E-state index in [0.29, 0.717) is 24.8 Å². The number of piperidine rings is 1. The van der Waals surface area contributed by atoms with E-state index in [0.717, 1.165) is 42.5 Å². The van der Waals surface area contributed by atoms with Gasteiger partial charge in [0.15, 0.2) is 0 Å². The molecule has 2 N–H and O–H groups in total. The van der Waals surface area contributed by atoms with Gasteiger partial charge in [-0.25, -0.2) is 0 Å². The molecule has 2 heterocycles. The Labute approximate surface area is 166 Å². The lowest BCUT2D eigenvalue weighted by atomic mass is 9.80. The normalized spacial score (nSPS) is 16.4. The lowest BCUT2D eigenvalue weighted by molar-refractivity contribution is -0.132. The maximum atomic E-state index is 12.9. The molecule has 4 rings (SSSR count). The number of benzene rings is 2. The summed E-state index contributed by atoms with van der Waals surface area (Å²) in [5, 5.41) is 5.64. The number of rotatable bonds is 5. The number of fused-ring (bicyclic) bond motifs is 1. The molecule has 0 radical (unpaired) electrons. The molecule has 0 spiro atoms. The van der Waals surface area contributed by atoms with E-state index in [1.54, 1.807) is 0 Å². The predicted octanol–water partition coefficient (Wildman–Crippen LogP) is 3.10. The SMILES string of the molecule is Cn1nc(CC(=O)N2CCC(C(CN)c3ccccc3)CC2)c2ccccc21. The third-order valence-corrected chi connectivity index (χ3v) is 6.10. The molecule has 2 aromatic carbocycles. The number of nitrogens with two attached hydrogens (primary N) is 1. The summed E-state index contributed by atoms with van der Waals surface area (Å²) in [5.74, 6) is 1.08. The Morgan fingerprint density at radius 3 is 2.50 bits per heavy atom. The molecule has 1 unspecified atom stereocenters. The first-order chi connectivity index (χ1) is 13.7. The Hall–Kier alpha value is -2.66. The van der Waals surface area contributed by atoms with Gasteiger partial charge in [0.1, 0.15) is 0 Å². The van der Waals surface area contributed by atoms with Gasteiger partial charge in [0.05, 0.1) is 17.6 Å². The van der Waals surface area contributed by atoms with Crippen molar-refractivity contribution in [3.63, 3.8) is 0 Å². The van der Waals surface area contributed by atoms with Crippen molar-refractivity contribution in [3.8, 4) is 0 Å². The third-order valence-electron chi connectivity index (χ3n) is 6.10. The number of likely N-dealkylation sites (tertiary alicyclic amines) is 1. The van der Waals surface area contributed by atoms with Gasteiger partial charge in [0.2, 0.25) is 5.91 Å². The van der Waals surface area contributed by atoms with E-state index < -0.39 is 0 Å². The molecular weight excluding hydrogens is 348 g/mol. The van der Waals surface area contributed by atoms with E-state index in [9.17, 15) is 4.79 Å². The Morgan fingerprint density at radius 1 is 1.11 bits per heavy atom. The first-order valence-electron chi connectivity index (χ1n) is 10.1. The number of aromatic nitrogens is 2. The van der Waals surface area contributed by atoms with Gasteiger partial charge < -0.3 is 10.6 Å². The van der Waals surface area contributed by atoms with Crippen molar-refractivity contribution in [3.05, 3.63) is 65.9 Å². The van der Waals surface area contributed by atoms with E-state index >= 15 is 0 Å². The molecule has 1 atom stereocenters. The largest absolute Gasteiger partial charge is 0.342 e. The second kappa shape index (κ2) is 8.15. The highest BCUT2D eigenvalue weighted by Crippen LogP contribution is 2.32. The molecule has 5 heteroatoms. The lowest BCUT2D eigenvalue weighted by Gasteiger charge is -2.36. The van der Waals surface area contributed by atoms with E-state index in [1.165, 1.54) is 5.56 Å².